The van der Waals surface area contributed by atoms with Crippen molar-refractivity contribution in [2.24, 2.45) is 0 Å². The Morgan fingerprint density at radius 2 is 1.44 bits per heavy atom. The minimum atomic E-state index is -1.36. The van der Waals surface area contributed by atoms with Crippen molar-refractivity contribution in [3.8, 4) is 0 Å². The normalized spacial score (nSPS) is 15.0. The third-order valence-corrected chi connectivity index (χ3v) is 7.72. The smallest absolute Gasteiger partial charge is 0.408 e. The first-order chi connectivity index (χ1) is 18.4. The topological polar surface area (TPSA) is 117 Å². The summed E-state index contributed by atoms with van der Waals surface area (Å²) in [6.07, 6.45) is 0.0397. The van der Waals surface area contributed by atoms with Gasteiger partial charge in [-0.05, 0) is 69.7 Å². The van der Waals surface area contributed by atoms with Crippen LogP contribution in [0, 0.1) is 0 Å². The first-order valence-corrected chi connectivity index (χ1v) is 14.1. The van der Waals surface area contributed by atoms with Crippen LogP contribution in [-0.2, 0) is 25.7 Å². The number of carbonyl (C=O) groups is 4. The van der Waals surface area contributed by atoms with E-state index in [1.807, 2.05) is 60.7 Å². The van der Waals surface area contributed by atoms with Crippen molar-refractivity contribution in [1.29, 1.82) is 0 Å². The lowest BCUT2D eigenvalue weighted by Crippen LogP contribution is -2.69. The van der Waals surface area contributed by atoms with Crippen LogP contribution in [0.2, 0.25) is 0 Å². The largest absolute Gasteiger partial charge is 0.445 e. The van der Waals surface area contributed by atoms with Crippen molar-refractivity contribution in [3.63, 3.8) is 0 Å². The lowest BCUT2D eigenvalue weighted by molar-refractivity contribution is -0.139. The van der Waals surface area contributed by atoms with Crippen molar-refractivity contribution < 1.29 is 23.9 Å². The van der Waals surface area contributed by atoms with Crippen LogP contribution in [0.15, 0.2) is 60.7 Å². The van der Waals surface area contributed by atoms with Gasteiger partial charge in [0.1, 0.15) is 23.2 Å². The van der Waals surface area contributed by atoms with E-state index in [1.54, 1.807) is 46.5 Å². The quantitative estimate of drug-likeness (QED) is 0.436. The molecule has 1 fully saturated rings. The van der Waals surface area contributed by atoms with Gasteiger partial charge in [-0.25, -0.2) is 4.79 Å². The van der Waals surface area contributed by atoms with Gasteiger partial charge in [-0.1, -0.05) is 48.5 Å². The van der Waals surface area contributed by atoms with E-state index in [-0.39, 0.29) is 12.5 Å². The molecule has 0 radical (unpaired) electrons. The molecule has 0 aromatic heterocycles. The van der Waals surface area contributed by atoms with Gasteiger partial charge in [0.2, 0.25) is 11.8 Å². The Bertz CT molecular complexity index is 1160. The van der Waals surface area contributed by atoms with Gasteiger partial charge in [0.15, 0.2) is 0 Å². The van der Waals surface area contributed by atoms with Crippen molar-refractivity contribution in [1.82, 2.24) is 16.0 Å². The zero-order chi connectivity index (χ0) is 28.7. The second-order valence-electron chi connectivity index (χ2n) is 10.7. The molecule has 0 atom stereocenters. The van der Waals surface area contributed by atoms with Gasteiger partial charge >= 0.3 is 6.09 Å². The summed E-state index contributed by atoms with van der Waals surface area (Å²) in [5.41, 5.74) is -2.30. The van der Waals surface area contributed by atoms with Crippen LogP contribution in [0.4, 0.5) is 10.5 Å². The highest BCUT2D eigenvalue weighted by molar-refractivity contribution is 7.99. The first-order valence-electron chi connectivity index (χ1n) is 12.9. The number of nitrogens with one attached hydrogen (secondary N) is 3. The number of amides is 4. The monoisotopic (exact) mass is 554 g/mol. The summed E-state index contributed by atoms with van der Waals surface area (Å²) in [5, 5.41) is 8.40. The molecule has 4 amide bonds. The second-order valence-corrected chi connectivity index (χ2v) is 12.0. The summed E-state index contributed by atoms with van der Waals surface area (Å²) in [6.45, 7) is 6.46. The zero-order valence-corrected chi connectivity index (χ0v) is 24.0. The number of benzene rings is 2. The molecular formula is C29H38N4O5S. The van der Waals surface area contributed by atoms with Gasteiger partial charge in [-0.2, -0.15) is 11.8 Å². The van der Waals surface area contributed by atoms with Gasteiger partial charge in [0.05, 0.1) is 0 Å². The summed E-state index contributed by atoms with van der Waals surface area (Å²) in [7, 11) is 1.66. The van der Waals surface area contributed by atoms with Crippen LogP contribution >= 0.6 is 11.8 Å². The average Bonchev–Trinajstić information content (AvgIpc) is 2.92. The minimum absolute atomic E-state index is 0.0640. The summed E-state index contributed by atoms with van der Waals surface area (Å²) < 4.78 is 5.27. The standard InChI is InChI=1S/C29H38N4O5S/c1-27(2,32-26(37)38-20-21-12-8-6-9-13-21)23(34)31-29(16-18-39-19-17-29)24(35)30-28(3,4)25(36)33(5)22-14-10-7-11-15-22/h6-15H,16-20H2,1-5H3,(H,30,35)(H,31,34)(H,32,37). The Morgan fingerprint density at radius 3 is 2.03 bits per heavy atom. The van der Waals surface area contributed by atoms with Crippen molar-refractivity contribution >= 4 is 41.3 Å². The Kier molecular flexibility index (Phi) is 9.66. The third kappa shape index (κ3) is 7.75. The Hall–Kier alpha value is -3.53. The zero-order valence-electron chi connectivity index (χ0n) is 23.2. The molecule has 210 valence electrons. The maximum atomic E-state index is 13.7. The molecule has 2 aromatic rings. The fraction of sp³-hybridized carbons (Fsp3) is 0.448. The highest BCUT2D eigenvalue weighted by atomic mass is 32.2. The van der Waals surface area contributed by atoms with Crippen LogP contribution in [0.25, 0.3) is 0 Å². The van der Waals surface area contributed by atoms with Crippen molar-refractivity contribution in [2.45, 2.75) is 63.8 Å². The fourth-order valence-corrected chi connectivity index (χ4v) is 5.41. The Morgan fingerprint density at radius 1 is 0.872 bits per heavy atom. The molecule has 39 heavy (non-hydrogen) atoms. The molecule has 1 aliphatic rings. The molecule has 0 unspecified atom stereocenters. The molecule has 0 spiro atoms. The van der Waals surface area contributed by atoms with Gasteiger partial charge in [0.25, 0.3) is 5.91 Å². The number of likely N-dealkylation sites (N-methyl/N-ethyl adjacent to an activating group) is 1. The minimum Gasteiger partial charge on any atom is -0.445 e. The Balaban J connectivity index is 1.68. The van der Waals surface area contributed by atoms with Gasteiger partial charge < -0.3 is 25.6 Å². The molecule has 2 aromatic carbocycles. The van der Waals surface area contributed by atoms with E-state index in [9.17, 15) is 19.2 Å². The highest BCUT2D eigenvalue weighted by Crippen LogP contribution is 2.29. The third-order valence-electron chi connectivity index (χ3n) is 6.74. The molecule has 0 saturated carbocycles. The number of para-hydroxylation sites is 1. The van der Waals surface area contributed by atoms with E-state index in [0.717, 1.165) is 5.56 Å². The summed E-state index contributed by atoms with van der Waals surface area (Å²) in [6, 6.07) is 18.4. The second kappa shape index (κ2) is 12.5. The molecule has 1 heterocycles. The molecule has 3 N–H and O–H groups in total. The number of thioether (sulfide) groups is 1. The Labute approximate surface area is 234 Å². The summed E-state index contributed by atoms with van der Waals surface area (Å²) >= 11 is 1.69. The number of anilines is 1. The van der Waals surface area contributed by atoms with E-state index < -0.39 is 34.5 Å². The fourth-order valence-electron chi connectivity index (χ4n) is 4.22. The maximum absolute atomic E-state index is 13.7. The SMILES string of the molecule is CN(C(=O)C(C)(C)NC(=O)C1(NC(=O)C(C)(C)NC(=O)OCc2ccccc2)CCSCC1)c1ccccc1. The van der Waals surface area contributed by atoms with Crippen LogP contribution in [0.3, 0.4) is 0 Å². The van der Waals surface area contributed by atoms with E-state index in [4.69, 9.17) is 4.74 Å². The molecule has 10 heteroatoms. The van der Waals surface area contributed by atoms with Crippen molar-refractivity contribution in [3.05, 3.63) is 66.2 Å². The van der Waals surface area contributed by atoms with Gasteiger partial charge in [-0.15, -0.1) is 0 Å². The predicted molar refractivity (Wildman–Crippen MR) is 153 cm³/mol. The number of rotatable bonds is 9. The maximum Gasteiger partial charge on any atom is 0.408 e. The van der Waals surface area contributed by atoms with E-state index in [1.165, 1.54) is 4.90 Å². The lowest BCUT2D eigenvalue weighted by atomic mass is 9.87. The molecule has 3 rings (SSSR count). The van der Waals surface area contributed by atoms with Gasteiger partial charge in [0, 0.05) is 12.7 Å². The summed E-state index contributed by atoms with van der Waals surface area (Å²) in [4.78, 5) is 54.4. The lowest BCUT2D eigenvalue weighted by Gasteiger charge is -2.41. The van der Waals surface area contributed by atoms with Crippen LogP contribution < -0.4 is 20.9 Å². The van der Waals surface area contributed by atoms with E-state index >= 15 is 0 Å². The highest BCUT2D eigenvalue weighted by Gasteiger charge is 2.47. The predicted octanol–water partition coefficient (Wildman–Crippen LogP) is 3.63. The van der Waals surface area contributed by atoms with Crippen molar-refractivity contribution in [2.75, 3.05) is 23.5 Å². The number of nitrogens with zero attached hydrogens (tertiary/aromatic N) is 1. The first kappa shape index (κ1) is 30.0. The molecule has 1 aliphatic heterocycles. The molecular weight excluding hydrogens is 516 g/mol. The molecule has 9 nitrogen and oxygen atoms in total. The number of hydrogen-bond acceptors (Lipinski definition) is 6. The van der Waals surface area contributed by atoms with Crippen LogP contribution in [0.5, 0.6) is 0 Å². The van der Waals surface area contributed by atoms with Crippen LogP contribution in [0.1, 0.15) is 46.1 Å². The molecule has 0 bridgehead atoms. The average molecular weight is 555 g/mol. The number of carbonyl (C=O) groups excluding carboxylic acids is 4. The molecule has 0 aliphatic carbocycles. The number of hydrogen-bond donors (Lipinski definition) is 3. The number of ether oxygens (including phenoxy) is 1. The van der Waals surface area contributed by atoms with E-state index in [2.05, 4.69) is 16.0 Å². The van der Waals surface area contributed by atoms with Crippen LogP contribution in [-0.4, -0.2) is 59.0 Å². The summed E-state index contributed by atoms with van der Waals surface area (Å²) in [5.74, 6) is 0.0832. The van der Waals surface area contributed by atoms with E-state index in [0.29, 0.717) is 30.0 Å². The van der Waals surface area contributed by atoms with Gasteiger partial charge in [-0.3, -0.25) is 14.4 Å². The molecule has 1 saturated heterocycles. The number of alkyl carbamates (subject to hydrolysis) is 1.